The van der Waals surface area contributed by atoms with Crippen molar-refractivity contribution in [2.75, 3.05) is 13.1 Å². The predicted octanol–water partition coefficient (Wildman–Crippen LogP) is 0.818. The molecule has 1 amide bonds. The summed E-state index contributed by atoms with van der Waals surface area (Å²) in [5.41, 5.74) is 0.262. The molecule has 0 aromatic heterocycles. The summed E-state index contributed by atoms with van der Waals surface area (Å²) in [4.78, 5) is 10.4. The van der Waals surface area contributed by atoms with Gasteiger partial charge in [-0.05, 0) is 25.8 Å². The van der Waals surface area contributed by atoms with Crippen molar-refractivity contribution in [1.29, 1.82) is 0 Å². The molecule has 1 saturated carbocycles. The van der Waals surface area contributed by atoms with Crippen molar-refractivity contribution >= 4 is 18.5 Å². The number of carbonyl (C=O) groups is 1. The van der Waals surface area contributed by atoms with Gasteiger partial charge in [-0.25, -0.2) is 4.79 Å². The van der Waals surface area contributed by atoms with Gasteiger partial charge < -0.3 is 15.7 Å². The third-order valence-corrected chi connectivity index (χ3v) is 3.24. The maximum atomic E-state index is 10.4. The molecule has 3 N–H and O–H groups in total. The standard InChI is InChI=1S/C8H14N2O2.ClH/c11-7(12)10-6-1-2-8(6)3-4-9-5-8;/h6,9-10H,1-5H2,(H,11,12);1H. The smallest absolute Gasteiger partial charge is 0.404 e. The minimum Gasteiger partial charge on any atom is -0.465 e. The van der Waals surface area contributed by atoms with Crippen LogP contribution in [0.2, 0.25) is 0 Å². The lowest BCUT2D eigenvalue weighted by Gasteiger charge is -2.46. The van der Waals surface area contributed by atoms with Crippen LogP contribution < -0.4 is 10.6 Å². The average molecular weight is 207 g/mol. The van der Waals surface area contributed by atoms with Crippen LogP contribution in [0.1, 0.15) is 19.3 Å². The second-order valence-electron chi connectivity index (χ2n) is 3.83. The molecule has 2 unspecified atom stereocenters. The molecule has 1 heterocycles. The van der Waals surface area contributed by atoms with E-state index >= 15 is 0 Å². The Labute approximate surface area is 83.5 Å². The first-order valence-electron chi connectivity index (χ1n) is 4.43. The summed E-state index contributed by atoms with van der Waals surface area (Å²) in [5, 5.41) is 14.4. The predicted molar refractivity (Wildman–Crippen MR) is 51.4 cm³/mol. The van der Waals surface area contributed by atoms with Gasteiger partial charge in [-0.1, -0.05) is 0 Å². The molecule has 0 bridgehead atoms. The van der Waals surface area contributed by atoms with Crippen molar-refractivity contribution in [3.63, 3.8) is 0 Å². The van der Waals surface area contributed by atoms with E-state index in [1.807, 2.05) is 0 Å². The van der Waals surface area contributed by atoms with Crippen molar-refractivity contribution in [2.24, 2.45) is 5.41 Å². The Bertz CT molecular complexity index is 204. The van der Waals surface area contributed by atoms with Gasteiger partial charge in [0.1, 0.15) is 0 Å². The molecule has 5 heteroatoms. The first-order valence-corrected chi connectivity index (χ1v) is 4.43. The number of nitrogens with one attached hydrogen (secondary N) is 2. The Morgan fingerprint density at radius 1 is 1.54 bits per heavy atom. The molecule has 2 atom stereocenters. The molecule has 13 heavy (non-hydrogen) atoms. The first kappa shape index (κ1) is 10.6. The SMILES string of the molecule is Cl.O=C(O)NC1CCC12CCNC2. The van der Waals surface area contributed by atoms with E-state index in [1.54, 1.807) is 0 Å². The molecule has 2 fully saturated rings. The van der Waals surface area contributed by atoms with Gasteiger partial charge in [0.2, 0.25) is 0 Å². The van der Waals surface area contributed by atoms with Gasteiger partial charge in [0.15, 0.2) is 0 Å². The fourth-order valence-corrected chi connectivity index (χ4v) is 2.35. The molecule has 1 saturated heterocycles. The van der Waals surface area contributed by atoms with Gasteiger partial charge >= 0.3 is 6.09 Å². The number of carboxylic acid groups (broad SMARTS) is 1. The highest BCUT2D eigenvalue weighted by Crippen LogP contribution is 2.45. The van der Waals surface area contributed by atoms with Crippen LogP contribution in [-0.4, -0.2) is 30.3 Å². The quantitative estimate of drug-likeness (QED) is 0.595. The second kappa shape index (κ2) is 3.72. The zero-order valence-electron chi connectivity index (χ0n) is 7.38. The summed E-state index contributed by atoms with van der Waals surface area (Å²) in [7, 11) is 0. The number of hydrogen-bond acceptors (Lipinski definition) is 2. The van der Waals surface area contributed by atoms with E-state index in [-0.39, 0.29) is 23.9 Å². The summed E-state index contributed by atoms with van der Waals surface area (Å²) in [6.07, 6.45) is 2.42. The molecular weight excluding hydrogens is 192 g/mol. The van der Waals surface area contributed by atoms with Crippen molar-refractivity contribution in [3.05, 3.63) is 0 Å². The van der Waals surface area contributed by atoms with Crippen LogP contribution in [0.4, 0.5) is 4.79 Å². The zero-order valence-corrected chi connectivity index (χ0v) is 8.19. The fourth-order valence-electron chi connectivity index (χ4n) is 2.35. The average Bonchev–Trinajstić information content (AvgIpc) is 2.48. The van der Waals surface area contributed by atoms with E-state index in [1.165, 1.54) is 6.42 Å². The highest BCUT2D eigenvalue weighted by Gasteiger charge is 2.48. The van der Waals surface area contributed by atoms with E-state index in [9.17, 15) is 4.79 Å². The summed E-state index contributed by atoms with van der Waals surface area (Å²) < 4.78 is 0. The Morgan fingerprint density at radius 2 is 2.31 bits per heavy atom. The largest absolute Gasteiger partial charge is 0.465 e. The maximum Gasteiger partial charge on any atom is 0.404 e. The van der Waals surface area contributed by atoms with Crippen molar-refractivity contribution in [2.45, 2.75) is 25.3 Å². The van der Waals surface area contributed by atoms with Crippen LogP contribution in [0.25, 0.3) is 0 Å². The van der Waals surface area contributed by atoms with Gasteiger partial charge in [-0.3, -0.25) is 0 Å². The summed E-state index contributed by atoms with van der Waals surface area (Å²) >= 11 is 0. The van der Waals surface area contributed by atoms with Crippen molar-refractivity contribution in [1.82, 2.24) is 10.6 Å². The van der Waals surface area contributed by atoms with Crippen LogP contribution in [0.3, 0.4) is 0 Å². The minimum atomic E-state index is -0.883. The summed E-state index contributed by atoms with van der Waals surface area (Å²) in [5.74, 6) is 0. The van der Waals surface area contributed by atoms with Crippen LogP contribution in [-0.2, 0) is 0 Å². The van der Waals surface area contributed by atoms with Crippen molar-refractivity contribution < 1.29 is 9.90 Å². The molecule has 0 aromatic rings. The number of halogens is 1. The van der Waals surface area contributed by atoms with Crippen LogP contribution in [0, 0.1) is 5.41 Å². The topological polar surface area (TPSA) is 61.4 Å². The monoisotopic (exact) mass is 206 g/mol. The van der Waals surface area contributed by atoms with Crippen LogP contribution in [0.5, 0.6) is 0 Å². The lowest BCUT2D eigenvalue weighted by Crippen LogP contribution is -2.55. The molecule has 0 aromatic carbocycles. The van der Waals surface area contributed by atoms with Crippen LogP contribution >= 0.6 is 12.4 Å². The first-order chi connectivity index (χ1) is 5.73. The number of hydrogen-bond donors (Lipinski definition) is 3. The number of rotatable bonds is 1. The van der Waals surface area contributed by atoms with Gasteiger partial charge in [0.25, 0.3) is 0 Å². The van der Waals surface area contributed by atoms with Crippen molar-refractivity contribution in [3.8, 4) is 0 Å². The Kier molecular flexibility index (Phi) is 3.03. The van der Waals surface area contributed by atoms with Gasteiger partial charge in [-0.15, -0.1) is 12.4 Å². The Morgan fingerprint density at radius 3 is 2.69 bits per heavy atom. The summed E-state index contributed by atoms with van der Waals surface area (Å²) in [6, 6.07) is 0.199. The number of amides is 1. The molecule has 4 nitrogen and oxygen atoms in total. The zero-order chi connectivity index (χ0) is 8.60. The van der Waals surface area contributed by atoms with E-state index < -0.39 is 6.09 Å². The molecule has 1 spiro atoms. The van der Waals surface area contributed by atoms with E-state index in [0.717, 1.165) is 25.9 Å². The van der Waals surface area contributed by atoms with E-state index in [4.69, 9.17) is 5.11 Å². The summed E-state index contributed by atoms with van der Waals surface area (Å²) in [6.45, 7) is 2.02. The lowest BCUT2D eigenvalue weighted by molar-refractivity contribution is 0.0842. The molecule has 1 aliphatic carbocycles. The molecule has 1 aliphatic heterocycles. The minimum absolute atomic E-state index is 0. The second-order valence-corrected chi connectivity index (χ2v) is 3.83. The highest BCUT2D eigenvalue weighted by molar-refractivity contribution is 5.85. The lowest BCUT2D eigenvalue weighted by atomic mass is 9.64. The Hall–Kier alpha value is -0.480. The molecule has 0 radical (unpaired) electrons. The maximum absolute atomic E-state index is 10.4. The highest BCUT2D eigenvalue weighted by atomic mass is 35.5. The van der Waals surface area contributed by atoms with Gasteiger partial charge in [0, 0.05) is 18.0 Å². The van der Waals surface area contributed by atoms with E-state index in [0.29, 0.717) is 0 Å². The third-order valence-electron chi connectivity index (χ3n) is 3.24. The molecular formula is C8H15ClN2O2. The van der Waals surface area contributed by atoms with Gasteiger partial charge in [0.05, 0.1) is 0 Å². The van der Waals surface area contributed by atoms with Crippen LogP contribution in [0.15, 0.2) is 0 Å². The van der Waals surface area contributed by atoms with Gasteiger partial charge in [-0.2, -0.15) is 0 Å². The normalized spacial score (nSPS) is 36.5. The molecule has 76 valence electrons. The Balaban J connectivity index is 0.000000845. The molecule has 2 aliphatic rings. The third kappa shape index (κ3) is 1.74. The van der Waals surface area contributed by atoms with E-state index in [2.05, 4.69) is 10.6 Å². The molecule has 2 rings (SSSR count). The fraction of sp³-hybridized carbons (Fsp3) is 0.875.